The maximum absolute atomic E-state index is 12.4. The molecule has 2 fully saturated rings. The lowest BCUT2D eigenvalue weighted by Gasteiger charge is -2.36. The number of hydrogen-bond acceptors (Lipinski definition) is 2. The van der Waals surface area contributed by atoms with Gasteiger partial charge in [0.25, 0.3) is 0 Å². The molecule has 0 spiro atoms. The molecular formula is C12H20BrNO2. The Hall–Kier alpha value is -0.0900. The van der Waals surface area contributed by atoms with Crippen LogP contribution in [-0.4, -0.2) is 41.4 Å². The predicted molar refractivity (Wildman–Crippen MR) is 66.7 cm³/mol. The summed E-state index contributed by atoms with van der Waals surface area (Å²) in [6.07, 6.45) is 4.53. The van der Waals surface area contributed by atoms with E-state index in [0.29, 0.717) is 11.9 Å². The summed E-state index contributed by atoms with van der Waals surface area (Å²) in [6.45, 7) is 3.69. The summed E-state index contributed by atoms with van der Waals surface area (Å²) in [4.78, 5) is 14.5. The summed E-state index contributed by atoms with van der Waals surface area (Å²) in [5.74, 6) is 0.411. The van der Waals surface area contributed by atoms with Gasteiger partial charge in [-0.25, -0.2) is 0 Å². The van der Waals surface area contributed by atoms with Crippen LogP contribution in [0.1, 0.15) is 32.6 Å². The monoisotopic (exact) mass is 289 g/mol. The van der Waals surface area contributed by atoms with Crippen LogP contribution in [0.3, 0.4) is 0 Å². The Labute approximate surface area is 106 Å². The first kappa shape index (κ1) is 12.4. The van der Waals surface area contributed by atoms with Crippen LogP contribution in [0.2, 0.25) is 0 Å². The van der Waals surface area contributed by atoms with E-state index in [0.717, 1.165) is 37.7 Å². The highest BCUT2D eigenvalue weighted by Crippen LogP contribution is 2.27. The zero-order chi connectivity index (χ0) is 11.5. The second-order valence-corrected chi connectivity index (χ2v) is 5.45. The molecule has 2 saturated heterocycles. The van der Waals surface area contributed by atoms with Crippen LogP contribution in [0.5, 0.6) is 0 Å². The largest absolute Gasteiger partial charge is 0.378 e. The Morgan fingerprint density at radius 1 is 1.44 bits per heavy atom. The lowest BCUT2D eigenvalue weighted by molar-refractivity contribution is -0.140. The van der Waals surface area contributed by atoms with E-state index in [4.69, 9.17) is 4.74 Å². The van der Waals surface area contributed by atoms with Gasteiger partial charge in [0, 0.05) is 24.5 Å². The molecule has 16 heavy (non-hydrogen) atoms. The smallest absolute Gasteiger partial charge is 0.228 e. The summed E-state index contributed by atoms with van der Waals surface area (Å²) in [7, 11) is 0. The molecule has 0 aromatic heterocycles. The van der Waals surface area contributed by atoms with Gasteiger partial charge in [0.15, 0.2) is 0 Å². The van der Waals surface area contributed by atoms with Crippen molar-refractivity contribution in [3.63, 3.8) is 0 Å². The molecule has 0 radical (unpaired) electrons. The topological polar surface area (TPSA) is 29.5 Å². The van der Waals surface area contributed by atoms with Gasteiger partial charge in [-0.05, 0) is 32.6 Å². The number of likely N-dealkylation sites (tertiary alicyclic amines) is 1. The molecule has 1 amide bonds. The molecule has 2 rings (SSSR count). The van der Waals surface area contributed by atoms with Crippen LogP contribution in [0, 0.1) is 5.92 Å². The van der Waals surface area contributed by atoms with E-state index < -0.39 is 0 Å². The number of rotatable bonds is 2. The van der Waals surface area contributed by atoms with Crippen LogP contribution < -0.4 is 0 Å². The van der Waals surface area contributed by atoms with E-state index in [9.17, 15) is 4.79 Å². The molecule has 0 saturated carbocycles. The van der Waals surface area contributed by atoms with Crippen molar-refractivity contribution >= 4 is 21.8 Å². The highest BCUT2D eigenvalue weighted by molar-refractivity contribution is 9.09. The van der Waals surface area contributed by atoms with E-state index in [1.807, 2.05) is 6.92 Å². The Kier molecular flexibility index (Phi) is 4.25. The number of carbonyl (C=O) groups excluding carboxylic acids is 1. The molecule has 0 aromatic carbocycles. The molecule has 92 valence electrons. The summed E-state index contributed by atoms with van der Waals surface area (Å²) < 4.78 is 5.49. The van der Waals surface area contributed by atoms with Crippen LogP contribution in [0.25, 0.3) is 0 Å². The Morgan fingerprint density at radius 2 is 2.25 bits per heavy atom. The van der Waals surface area contributed by atoms with Crippen molar-refractivity contribution in [3.8, 4) is 0 Å². The molecule has 2 aliphatic rings. The van der Waals surface area contributed by atoms with Crippen LogP contribution in [-0.2, 0) is 9.53 Å². The van der Waals surface area contributed by atoms with Gasteiger partial charge in [-0.15, -0.1) is 0 Å². The number of carbonyl (C=O) groups is 1. The van der Waals surface area contributed by atoms with Gasteiger partial charge in [-0.3, -0.25) is 4.79 Å². The fraction of sp³-hybridized carbons (Fsp3) is 0.917. The van der Waals surface area contributed by atoms with Crippen molar-refractivity contribution in [2.45, 2.75) is 44.8 Å². The number of halogens is 1. The first-order chi connectivity index (χ1) is 7.74. The van der Waals surface area contributed by atoms with E-state index >= 15 is 0 Å². The molecule has 2 heterocycles. The molecule has 0 bridgehead atoms. The Morgan fingerprint density at radius 3 is 2.88 bits per heavy atom. The Bertz CT molecular complexity index is 259. The van der Waals surface area contributed by atoms with Crippen molar-refractivity contribution in [3.05, 3.63) is 0 Å². The molecule has 3 unspecified atom stereocenters. The fourth-order valence-electron chi connectivity index (χ4n) is 2.72. The van der Waals surface area contributed by atoms with Crippen molar-refractivity contribution in [1.29, 1.82) is 0 Å². The molecule has 3 atom stereocenters. The standard InChI is InChI=1S/C12H20BrNO2/c1-9-11(5-7-16-9)12(15)14-6-3-2-4-10(14)8-13/h9-11H,2-8H2,1H3. The van der Waals surface area contributed by atoms with E-state index in [2.05, 4.69) is 20.8 Å². The quantitative estimate of drug-likeness (QED) is 0.730. The van der Waals surface area contributed by atoms with Gasteiger partial charge in [-0.2, -0.15) is 0 Å². The van der Waals surface area contributed by atoms with Crippen molar-refractivity contribution in [2.24, 2.45) is 5.92 Å². The summed E-state index contributed by atoms with van der Waals surface area (Å²) in [5.41, 5.74) is 0. The third-order valence-electron chi connectivity index (χ3n) is 3.78. The lowest BCUT2D eigenvalue weighted by Crippen LogP contribution is -2.48. The number of hydrogen-bond donors (Lipinski definition) is 0. The zero-order valence-corrected chi connectivity index (χ0v) is 11.4. The van der Waals surface area contributed by atoms with Gasteiger partial charge in [0.05, 0.1) is 12.0 Å². The van der Waals surface area contributed by atoms with E-state index in [1.54, 1.807) is 0 Å². The van der Waals surface area contributed by atoms with Crippen LogP contribution in [0.15, 0.2) is 0 Å². The number of nitrogens with zero attached hydrogens (tertiary/aromatic N) is 1. The van der Waals surface area contributed by atoms with Crippen LogP contribution >= 0.6 is 15.9 Å². The first-order valence-electron chi connectivity index (χ1n) is 6.22. The van der Waals surface area contributed by atoms with Gasteiger partial charge < -0.3 is 9.64 Å². The van der Waals surface area contributed by atoms with Crippen molar-refractivity contribution < 1.29 is 9.53 Å². The second kappa shape index (κ2) is 5.50. The van der Waals surface area contributed by atoms with E-state index in [1.165, 1.54) is 6.42 Å². The minimum absolute atomic E-state index is 0.0969. The maximum atomic E-state index is 12.4. The second-order valence-electron chi connectivity index (χ2n) is 4.81. The highest BCUT2D eigenvalue weighted by atomic mass is 79.9. The molecule has 3 nitrogen and oxygen atoms in total. The molecule has 0 aliphatic carbocycles. The fourth-order valence-corrected chi connectivity index (χ4v) is 3.39. The molecule has 2 aliphatic heterocycles. The van der Waals surface area contributed by atoms with Gasteiger partial charge in [-0.1, -0.05) is 15.9 Å². The number of amides is 1. The molecule has 0 aromatic rings. The van der Waals surface area contributed by atoms with Crippen LogP contribution in [0.4, 0.5) is 0 Å². The zero-order valence-electron chi connectivity index (χ0n) is 9.82. The number of alkyl halides is 1. The minimum Gasteiger partial charge on any atom is -0.378 e. The molecule has 4 heteroatoms. The number of ether oxygens (including phenoxy) is 1. The predicted octanol–water partition coefficient (Wildman–Crippen LogP) is 2.19. The van der Waals surface area contributed by atoms with Crippen molar-refractivity contribution in [1.82, 2.24) is 4.90 Å². The first-order valence-corrected chi connectivity index (χ1v) is 7.34. The SMILES string of the molecule is CC1OCCC1C(=O)N1CCCCC1CBr. The lowest BCUT2D eigenvalue weighted by atomic mass is 9.96. The van der Waals surface area contributed by atoms with Gasteiger partial charge >= 0.3 is 0 Å². The number of piperidine rings is 1. The van der Waals surface area contributed by atoms with Gasteiger partial charge in [0.2, 0.25) is 5.91 Å². The van der Waals surface area contributed by atoms with E-state index in [-0.39, 0.29) is 12.0 Å². The molecule has 0 N–H and O–H groups in total. The normalized spacial score (nSPS) is 35.4. The Balaban J connectivity index is 2.01. The third-order valence-corrected chi connectivity index (χ3v) is 4.53. The van der Waals surface area contributed by atoms with Gasteiger partial charge in [0.1, 0.15) is 0 Å². The summed E-state index contributed by atoms with van der Waals surface area (Å²) >= 11 is 3.52. The minimum atomic E-state index is 0.0969. The average molecular weight is 290 g/mol. The molecular weight excluding hydrogens is 270 g/mol. The average Bonchev–Trinajstić information content (AvgIpc) is 2.74. The summed E-state index contributed by atoms with van der Waals surface area (Å²) in [6, 6.07) is 0.397. The maximum Gasteiger partial charge on any atom is 0.228 e. The van der Waals surface area contributed by atoms with Crippen molar-refractivity contribution in [2.75, 3.05) is 18.5 Å². The highest BCUT2D eigenvalue weighted by Gasteiger charge is 2.36. The summed E-state index contributed by atoms with van der Waals surface area (Å²) in [5, 5.41) is 0.903. The third kappa shape index (κ3) is 2.43.